The molecule has 0 rings (SSSR count). The first-order valence-electron chi connectivity index (χ1n) is 5.73. The SMILES string of the molecule is CCCCC(F)(F)/C=C/COC(=O)CCC. The maximum Gasteiger partial charge on any atom is 0.306 e. The topological polar surface area (TPSA) is 26.3 Å². The number of carbonyl (C=O) groups excluding carboxylic acids is 1. The molecule has 0 fully saturated rings. The maximum absolute atomic E-state index is 13.1. The van der Waals surface area contributed by atoms with Crippen molar-refractivity contribution in [3.05, 3.63) is 12.2 Å². The Bertz CT molecular complexity index is 225. The van der Waals surface area contributed by atoms with E-state index in [0.717, 1.165) is 12.5 Å². The molecule has 0 heterocycles. The van der Waals surface area contributed by atoms with Crippen LogP contribution in [0.15, 0.2) is 12.2 Å². The number of alkyl halides is 2. The lowest BCUT2D eigenvalue weighted by molar-refractivity contribution is -0.142. The van der Waals surface area contributed by atoms with Gasteiger partial charge in [-0.2, -0.15) is 0 Å². The molecule has 0 bridgehead atoms. The van der Waals surface area contributed by atoms with Gasteiger partial charge in [-0.1, -0.05) is 20.3 Å². The van der Waals surface area contributed by atoms with Crippen LogP contribution in [0.5, 0.6) is 0 Å². The molecular formula is C12H20F2O2. The van der Waals surface area contributed by atoms with Gasteiger partial charge in [0.25, 0.3) is 5.92 Å². The van der Waals surface area contributed by atoms with Crippen LogP contribution >= 0.6 is 0 Å². The van der Waals surface area contributed by atoms with Crippen LogP contribution in [0.3, 0.4) is 0 Å². The zero-order valence-corrected chi connectivity index (χ0v) is 9.97. The summed E-state index contributed by atoms with van der Waals surface area (Å²) in [6.45, 7) is 3.66. The Morgan fingerprint density at radius 2 is 2.00 bits per heavy atom. The summed E-state index contributed by atoms with van der Waals surface area (Å²) in [5.74, 6) is -3.13. The molecule has 0 aliphatic rings. The van der Waals surface area contributed by atoms with Gasteiger partial charge < -0.3 is 4.74 Å². The second-order valence-corrected chi connectivity index (χ2v) is 3.70. The van der Waals surface area contributed by atoms with Gasteiger partial charge in [-0.3, -0.25) is 4.79 Å². The third-order valence-corrected chi connectivity index (χ3v) is 2.02. The van der Waals surface area contributed by atoms with Gasteiger partial charge in [0.05, 0.1) is 0 Å². The number of halogens is 2. The number of hydrogen-bond donors (Lipinski definition) is 0. The Morgan fingerprint density at radius 3 is 2.56 bits per heavy atom. The van der Waals surface area contributed by atoms with E-state index >= 15 is 0 Å². The van der Waals surface area contributed by atoms with E-state index in [0.29, 0.717) is 19.3 Å². The summed E-state index contributed by atoms with van der Waals surface area (Å²) >= 11 is 0. The van der Waals surface area contributed by atoms with E-state index < -0.39 is 5.92 Å². The molecule has 0 aliphatic heterocycles. The summed E-state index contributed by atoms with van der Waals surface area (Å²) < 4.78 is 30.8. The predicted molar refractivity (Wildman–Crippen MR) is 59.5 cm³/mol. The molecule has 2 nitrogen and oxygen atoms in total. The van der Waals surface area contributed by atoms with E-state index in [1.807, 2.05) is 13.8 Å². The number of ether oxygens (including phenoxy) is 1. The van der Waals surface area contributed by atoms with Crippen LogP contribution in [-0.4, -0.2) is 18.5 Å². The van der Waals surface area contributed by atoms with Gasteiger partial charge in [0.2, 0.25) is 0 Å². The number of esters is 1. The first-order valence-corrected chi connectivity index (χ1v) is 5.73. The second-order valence-electron chi connectivity index (χ2n) is 3.70. The Labute approximate surface area is 95.7 Å². The van der Waals surface area contributed by atoms with Crippen molar-refractivity contribution in [2.75, 3.05) is 6.61 Å². The normalized spacial score (nSPS) is 12.0. The highest BCUT2D eigenvalue weighted by Crippen LogP contribution is 2.22. The Kier molecular flexibility index (Phi) is 7.77. The van der Waals surface area contributed by atoms with Crippen LogP contribution in [-0.2, 0) is 9.53 Å². The average molecular weight is 234 g/mol. The average Bonchev–Trinajstić information content (AvgIpc) is 2.22. The minimum atomic E-state index is -2.78. The van der Waals surface area contributed by atoms with Gasteiger partial charge in [0.15, 0.2) is 0 Å². The van der Waals surface area contributed by atoms with Crippen LogP contribution < -0.4 is 0 Å². The summed E-state index contributed by atoms with van der Waals surface area (Å²) in [5.41, 5.74) is 0. The van der Waals surface area contributed by atoms with Gasteiger partial charge in [-0.05, 0) is 25.0 Å². The van der Waals surface area contributed by atoms with Crippen molar-refractivity contribution >= 4 is 5.97 Å². The van der Waals surface area contributed by atoms with Crippen LogP contribution in [0.1, 0.15) is 46.0 Å². The molecule has 0 aromatic carbocycles. The fourth-order valence-electron chi connectivity index (χ4n) is 1.13. The summed E-state index contributed by atoms with van der Waals surface area (Å²) in [4.78, 5) is 10.9. The van der Waals surface area contributed by atoms with Crippen LogP contribution in [0.25, 0.3) is 0 Å². The Balaban J connectivity index is 3.77. The van der Waals surface area contributed by atoms with Crippen molar-refractivity contribution in [3.8, 4) is 0 Å². The number of hydrogen-bond acceptors (Lipinski definition) is 2. The Hall–Kier alpha value is -0.930. The minimum Gasteiger partial charge on any atom is -0.461 e. The molecule has 0 saturated heterocycles. The second kappa shape index (κ2) is 8.25. The highest BCUT2D eigenvalue weighted by molar-refractivity contribution is 5.69. The molecule has 0 N–H and O–H groups in total. The zero-order valence-electron chi connectivity index (χ0n) is 9.97. The lowest BCUT2D eigenvalue weighted by Gasteiger charge is -2.10. The van der Waals surface area contributed by atoms with Crippen molar-refractivity contribution in [2.24, 2.45) is 0 Å². The molecular weight excluding hydrogens is 214 g/mol. The molecule has 0 amide bonds. The van der Waals surface area contributed by atoms with E-state index in [4.69, 9.17) is 4.74 Å². The fourth-order valence-corrected chi connectivity index (χ4v) is 1.13. The van der Waals surface area contributed by atoms with E-state index in [-0.39, 0.29) is 19.0 Å². The number of unbranched alkanes of at least 4 members (excludes halogenated alkanes) is 1. The van der Waals surface area contributed by atoms with Crippen molar-refractivity contribution in [1.82, 2.24) is 0 Å². The minimum absolute atomic E-state index is 0.0689. The number of carbonyl (C=O) groups is 1. The quantitative estimate of drug-likeness (QED) is 0.472. The third kappa shape index (κ3) is 8.38. The molecule has 0 saturated carbocycles. The van der Waals surface area contributed by atoms with Crippen LogP contribution in [0.2, 0.25) is 0 Å². The van der Waals surface area contributed by atoms with Crippen molar-refractivity contribution in [1.29, 1.82) is 0 Å². The summed E-state index contributed by atoms with van der Waals surface area (Å²) in [6, 6.07) is 0. The van der Waals surface area contributed by atoms with E-state index in [2.05, 4.69) is 0 Å². The highest BCUT2D eigenvalue weighted by atomic mass is 19.3. The van der Waals surface area contributed by atoms with Crippen molar-refractivity contribution in [3.63, 3.8) is 0 Å². The first kappa shape index (κ1) is 15.1. The molecule has 16 heavy (non-hydrogen) atoms. The smallest absolute Gasteiger partial charge is 0.306 e. The lowest BCUT2D eigenvalue weighted by Crippen LogP contribution is -2.12. The summed E-state index contributed by atoms with van der Waals surface area (Å²) in [7, 11) is 0. The van der Waals surface area contributed by atoms with Crippen LogP contribution in [0.4, 0.5) is 8.78 Å². The van der Waals surface area contributed by atoms with Gasteiger partial charge in [-0.25, -0.2) is 8.78 Å². The molecule has 0 atom stereocenters. The molecule has 0 radical (unpaired) electrons. The third-order valence-electron chi connectivity index (χ3n) is 2.02. The molecule has 0 aromatic heterocycles. The van der Waals surface area contributed by atoms with E-state index in [1.54, 1.807) is 0 Å². The van der Waals surface area contributed by atoms with E-state index in [1.165, 1.54) is 6.08 Å². The van der Waals surface area contributed by atoms with E-state index in [9.17, 15) is 13.6 Å². The number of rotatable bonds is 8. The largest absolute Gasteiger partial charge is 0.461 e. The molecule has 4 heteroatoms. The zero-order chi connectivity index (χ0) is 12.4. The summed E-state index contributed by atoms with van der Waals surface area (Å²) in [5, 5.41) is 0. The van der Waals surface area contributed by atoms with Crippen molar-refractivity contribution < 1.29 is 18.3 Å². The lowest BCUT2D eigenvalue weighted by atomic mass is 10.1. The fraction of sp³-hybridized carbons (Fsp3) is 0.750. The first-order chi connectivity index (χ1) is 7.52. The molecule has 0 aliphatic carbocycles. The van der Waals surface area contributed by atoms with Gasteiger partial charge in [0, 0.05) is 12.8 Å². The van der Waals surface area contributed by atoms with Gasteiger partial charge >= 0.3 is 5.97 Å². The van der Waals surface area contributed by atoms with Gasteiger partial charge in [-0.15, -0.1) is 0 Å². The maximum atomic E-state index is 13.1. The van der Waals surface area contributed by atoms with Gasteiger partial charge in [0.1, 0.15) is 6.61 Å². The number of allylic oxidation sites excluding steroid dienone is 1. The molecule has 0 aromatic rings. The monoisotopic (exact) mass is 234 g/mol. The predicted octanol–water partition coefficient (Wildman–Crippen LogP) is 3.71. The summed E-state index contributed by atoms with van der Waals surface area (Å²) in [6.07, 6.45) is 4.16. The molecule has 94 valence electrons. The molecule has 0 unspecified atom stereocenters. The highest BCUT2D eigenvalue weighted by Gasteiger charge is 2.23. The Morgan fingerprint density at radius 1 is 1.31 bits per heavy atom. The van der Waals surface area contributed by atoms with Crippen LogP contribution in [0, 0.1) is 0 Å². The van der Waals surface area contributed by atoms with Crippen molar-refractivity contribution in [2.45, 2.75) is 51.9 Å². The standard InChI is InChI=1S/C12H20F2O2/c1-3-5-8-12(13,14)9-6-10-16-11(15)7-4-2/h6,9H,3-5,7-8,10H2,1-2H3/b9-6+. The molecule has 0 spiro atoms.